The van der Waals surface area contributed by atoms with Crippen LogP contribution in [0.4, 0.5) is 4.79 Å². The lowest BCUT2D eigenvalue weighted by Crippen LogP contribution is -2.71. The van der Waals surface area contributed by atoms with Crippen LogP contribution in [0.2, 0.25) is 0 Å². The van der Waals surface area contributed by atoms with Gasteiger partial charge in [-0.1, -0.05) is 18.7 Å². The van der Waals surface area contributed by atoms with Crippen molar-refractivity contribution in [1.82, 2.24) is 25.5 Å². The summed E-state index contributed by atoms with van der Waals surface area (Å²) in [5.41, 5.74) is 1.48. The summed E-state index contributed by atoms with van der Waals surface area (Å²) < 4.78 is 0. The van der Waals surface area contributed by atoms with E-state index >= 15 is 0 Å². The van der Waals surface area contributed by atoms with E-state index < -0.39 is 29.3 Å². The van der Waals surface area contributed by atoms with Crippen LogP contribution in [0.3, 0.4) is 0 Å². The van der Waals surface area contributed by atoms with E-state index in [9.17, 15) is 19.5 Å². The number of aryl methyl sites for hydroxylation is 1. The molecule has 1 aromatic heterocycles. The molecule has 2 aliphatic heterocycles. The molecule has 3 amide bonds. The average molecular weight is 424 g/mol. The number of nitrogens with zero attached hydrogens (tertiary/aromatic N) is 3. The number of nitrogens with one attached hydrogen (secondary N) is 2. The maximum absolute atomic E-state index is 12.5. The van der Waals surface area contributed by atoms with Crippen LogP contribution >= 0.6 is 23.5 Å². The average Bonchev–Trinajstić information content (AvgIpc) is 2.67. The van der Waals surface area contributed by atoms with Crippen molar-refractivity contribution >= 4 is 41.4 Å². The number of thioether (sulfide) groups is 2. The van der Waals surface area contributed by atoms with Gasteiger partial charge in [-0.05, 0) is 25.0 Å². The van der Waals surface area contributed by atoms with Gasteiger partial charge in [0, 0.05) is 29.9 Å². The summed E-state index contributed by atoms with van der Waals surface area (Å²) in [5, 5.41) is 15.1. The number of aromatic nitrogens is 2. The molecule has 0 bridgehead atoms. The van der Waals surface area contributed by atoms with Crippen molar-refractivity contribution in [3.63, 3.8) is 0 Å². The number of aliphatic carboxylic acids is 1. The second-order valence-electron chi connectivity index (χ2n) is 6.31. The third-order valence-electron chi connectivity index (χ3n) is 4.22. The fraction of sp³-hybridized carbons (Fsp3) is 0.471. The van der Waals surface area contributed by atoms with E-state index in [0.29, 0.717) is 28.8 Å². The number of urea groups is 1. The largest absolute Gasteiger partial charge is 0.477 e. The zero-order valence-corrected chi connectivity index (χ0v) is 17.1. The SMILES string of the molecule is CCCNC(=O)NC1C(=O)N2C(C(=O)O)=C(CSc3nccc(C)n3)CS[C@@H]12. The highest BCUT2D eigenvalue weighted by molar-refractivity contribution is 8.01. The quantitative estimate of drug-likeness (QED) is 0.340. The first-order valence-corrected chi connectivity index (χ1v) is 10.8. The Kier molecular flexibility index (Phi) is 6.45. The van der Waals surface area contributed by atoms with Crippen molar-refractivity contribution in [3.8, 4) is 0 Å². The Morgan fingerprint density at radius 3 is 2.93 bits per heavy atom. The summed E-state index contributed by atoms with van der Waals surface area (Å²) in [6.45, 7) is 4.30. The lowest BCUT2D eigenvalue weighted by molar-refractivity contribution is -0.148. The first kappa shape index (κ1) is 20.5. The van der Waals surface area contributed by atoms with Gasteiger partial charge >= 0.3 is 12.0 Å². The van der Waals surface area contributed by atoms with Gasteiger partial charge in [-0.15, -0.1) is 11.8 Å². The van der Waals surface area contributed by atoms with Crippen LogP contribution in [0.1, 0.15) is 19.0 Å². The maximum atomic E-state index is 12.5. The summed E-state index contributed by atoms with van der Waals surface area (Å²) in [4.78, 5) is 45.9. The van der Waals surface area contributed by atoms with Gasteiger partial charge < -0.3 is 15.7 Å². The Morgan fingerprint density at radius 1 is 1.46 bits per heavy atom. The van der Waals surface area contributed by atoms with Crippen molar-refractivity contribution in [2.45, 2.75) is 36.8 Å². The number of carboxylic acids is 1. The molecule has 11 heteroatoms. The van der Waals surface area contributed by atoms with Crippen LogP contribution in [0, 0.1) is 6.92 Å². The van der Waals surface area contributed by atoms with Gasteiger partial charge in [-0.3, -0.25) is 9.69 Å². The van der Waals surface area contributed by atoms with E-state index in [1.165, 1.54) is 28.4 Å². The number of hydrogen-bond donors (Lipinski definition) is 3. The summed E-state index contributed by atoms with van der Waals surface area (Å²) >= 11 is 2.78. The van der Waals surface area contributed by atoms with E-state index in [0.717, 1.165) is 12.1 Å². The van der Waals surface area contributed by atoms with Gasteiger partial charge in [0.2, 0.25) is 0 Å². The monoisotopic (exact) mass is 423 g/mol. The topological polar surface area (TPSA) is 125 Å². The molecule has 3 N–H and O–H groups in total. The molecular weight excluding hydrogens is 402 g/mol. The number of amides is 3. The number of β-lactam (4-membered cyclic amide) rings is 1. The Balaban J connectivity index is 1.70. The first-order chi connectivity index (χ1) is 13.4. The normalized spacial score (nSPS) is 21.1. The van der Waals surface area contributed by atoms with Gasteiger partial charge in [0.05, 0.1) is 0 Å². The van der Waals surface area contributed by atoms with Crippen molar-refractivity contribution in [1.29, 1.82) is 0 Å². The third-order valence-corrected chi connectivity index (χ3v) is 6.51. The van der Waals surface area contributed by atoms with Crippen LogP contribution in [-0.4, -0.2) is 67.3 Å². The number of hydrogen-bond acceptors (Lipinski definition) is 7. The maximum Gasteiger partial charge on any atom is 0.352 e. The molecule has 0 aliphatic carbocycles. The molecule has 150 valence electrons. The molecule has 0 spiro atoms. The van der Waals surface area contributed by atoms with Crippen LogP contribution in [-0.2, 0) is 9.59 Å². The minimum atomic E-state index is -1.15. The number of rotatable bonds is 7. The Hall–Kier alpha value is -2.27. The molecule has 2 aliphatic rings. The lowest BCUT2D eigenvalue weighted by atomic mass is 10.0. The summed E-state index contributed by atoms with van der Waals surface area (Å²) in [7, 11) is 0. The van der Waals surface area contributed by atoms with Crippen molar-refractivity contribution < 1.29 is 19.5 Å². The second-order valence-corrected chi connectivity index (χ2v) is 8.36. The van der Waals surface area contributed by atoms with Gasteiger partial charge in [-0.2, -0.15) is 0 Å². The molecule has 3 rings (SSSR count). The third kappa shape index (κ3) is 4.25. The smallest absolute Gasteiger partial charge is 0.352 e. The molecule has 1 unspecified atom stereocenters. The van der Waals surface area contributed by atoms with E-state index in [2.05, 4.69) is 20.6 Å². The molecule has 2 atom stereocenters. The highest BCUT2D eigenvalue weighted by atomic mass is 32.2. The number of carbonyl (C=O) groups is 3. The van der Waals surface area contributed by atoms with Gasteiger partial charge in [0.1, 0.15) is 17.1 Å². The standard InChI is InChI=1S/C17H21N5O4S2/c1-3-5-18-16(26)21-11-13(23)22-12(15(24)25)10(7-27-14(11)22)8-28-17-19-6-4-9(2)20-17/h4,6,11,14H,3,5,7-8H2,1-2H3,(H,24,25)(H2,18,21,26)/t11?,14-/m0/s1. The number of fused-ring (bicyclic) bond motifs is 1. The fourth-order valence-electron chi connectivity index (χ4n) is 2.87. The number of carboxylic acid groups (broad SMARTS) is 1. The molecule has 0 saturated carbocycles. The summed E-state index contributed by atoms with van der Waals surface area (Å²) in [6.07, 6.45) is 2.44. The van der Waals surface area contributed by atoms with E-state index in [1.54, 1.807) is 12.3 Å². The molecule has 1 saturated heterocycles. The number of carbonyl (C=O) groups excluding carboxylic acids is 2. The lowest BCUT2D eigenvalue weighted by Gasteiger charge is -2.49. The molecule has 28 heavy (non-hydrogen) atoms. The van der Waals surface area contributed by atoms with E-state index in [-0.39, 0.29) is 5.70 Å². The summed E-state index contributed by atoms with van der Waals surface area (Å²) in [5.74, 6) is -0.711. The summed E-state index contributed by atoms with van der Waals surface area (Å²) in [6, 6.07) is 0.653. The molecule has 1 fully saturated rings. The highest BCUT2D eigenvalue weighted by Crippen LogP contribution is 2.41. The predicted molar refractivity (Wildman–Crippen MR) is 106 cm³/mol. The zero-order chi connectivity index (χ0) is 20.3. The van der Waals surface area contributed by atoms with Crippen LogP contribution in [0.5, 0.6) is 0 Å². The predicted octanol–water partition coefficient (Wildman–Crippen LogP) is 1.21. The van der Waals surface area contributed by atoms with Crippen molar-refractivity contribution in [3.05, 3.63) is 29.2 Å². The first-order valence-electron chi connectivity index (χ1n) is 8.79. The second kappa shape index (κ2) is 8.82. The molecule has 3 heterocycles. The zero-order valence-electron chi connectivity index (χ0n) is 15.5. The van der Waals surface area contributed by atoms with Gasteiger partial charge in [0.15, 0.2) is 5.16 Å². The molecule has 0 aromatic carbocycles. The molecule has 1 aromatic rings. The molecule has 0 radical (unpaired) electrons. The van der Waals surface area contributed by atoms with E-state index in [1.807, 2.05) is 13.8 Å². The molecule has 9 nitrogen and oxygen atoms in total. The Bertz CT molecular complexity index is 832. The highest BCUT2D eigenvalue weighted by Gasteiger charge is 2.54. The van der Waals surface area contributed by atoms with E-state index in [4.69, 9.17) is 0 Å². The molecular formula is C17H21N5O4S2. The van der Waals surface area contributed by atoms with Crippen molar-refractivity contribution in [2.24, 2.45) is 0 Å². The minimum absolute atomic E-state index is 0.000851. The Morgan fingerprint density at radius 2 is 2.25 bits per heavy atom. The van der Waals surface area contributed by atoms with Crippen LogP contribution in [0.25, 0.3) is 0 Å². The van der Waals surface area contributed by atoms with Crippen LogP contribution < -0.4 is 10.6 Å². The minimum Gasteiger partial charge on any atom is -0.477 e. The van der Waals surface area contributed by atoms with Crippen LogP contribution in [0.15, 0.2) is 28.7 Å². The Labute approximate surface area is 170 Å². The van der Waals surface area contributed by atoms with Crippen molar-refractivity contribution in [2.75, 3.05) is 18.1 Å². The van der Waals surface area contributed by atoms with Gasteiger partial charge in [0.25, 0.3) is 5.91 Å². The van der Waals surface area contributed by atoms with Gasteiger partial charge in [-0.25, -0.2) is 19.6 Å². The fourth-order valence-corrected chi connectivity index (χ4v) is 5.23.